The minimum Gasteiger partial charge on any atom is -0.149 e. The fourth-order valence-corrected chi connectivity index (χ4v) is 2.76. The Bertz CT molecular complexity index is 1180. The number of nitrogens with zero attached hydrogens (tertiary/aromatic N) is 2. The largest absolute Gasteiger partial charge is 0.149 e. The lowest BCUT2D eigenvalue weighted by molar-refractivity contribution is 1.22. The molecule has 0 saturated heterocycles. The van der Waals surface area contributed by atoms with E-state index in [0.717, 1.165) is 33.6 Å². The van der Waals surface area contributed by atoms with E-state index in [1.165, 1.54) is 0 Å². The lowest BCUT2D eigenvalue weighted by Crippen LogP contribution is -1.78. The summed E-state index contributed by atoms with van der Waals surface area (Å²) in [5.74, 6) is 12.7. The Morgan fingerprint density at radius 3 is 1.17 bits per heavy atom. The van der Waals surface area contributed by atoms with Gasteiger partial charge in [0.2, 0.25) is 0 Å². The number of hydrogen-bond donors (Lipinski definition) is 0. The Kier molecular flexibility index (Phi) is 6.12. The molecule has 4 aromatic carbocycles. The molecule has 2 heteroatoms. The third-order valence-corrected chi connectivity index (χ3v) is 4.30. The molecule has 0 unspecified atom stereocenters. The van der Waals surface area contributed by atoms with Crippen LogP contribution in [0.15, 0.2) is 119 Å². The van der Waals surface area contributed by atoms with E-state index in [1.54, 1.807) is 0 Å². The van der Waals surface area contributed by atoms with Crippen LogP contribution < -0.4 is 0 Å². The molecule has 2 nitrogen and oxygen atoms in total. The van der Waals surface area contributed by atoms with Crippen LogP contribution in [0.1, 0.15) is 22.3 Å². The highest BCUT2D eigenvalue weighted by Gasteiger charge is 2.00. The highest BCUT2D eigenvalue weighted by molar-refractivity contribution is 5.59. The van der Waals surface area contributed by atoms with Crippen LogP contribution in [0.5, 0.6) is 0 Å². The van der Waals surface area contributed by atoms with Crippen LogP contribution >= 0.6 is 0 Å². The summed E-state index contributed by atoms with van der Waals surface area (Å²) in [6.45, 7) is 0. The maximum absolute atomic E-state index is 4.46. The second-order valence-electron chi connectivity index (χ2n) is 6.47. The van der Waals surface area contributed by atoms with Crippen molar-refractivity contribution in [3.63, 3.8) is 0 Å². The molecule has 30 heavy (non-hydrogen) atoms. The Labute approximate surface area is 177 Å². The number of rotatable bonds is 2. The molecule has 0 aliphatic heterocycles. The Morgan fingerprint density at radius 2 is 0.733 bits per heavy atom. The average molecular weight is 382 g/mol. The number of azo groups is 1. The SMILES string of the molecule is C(#Cc1ccccc1N=Nc1ccccc1C#Cc1ccccc1)c1ccccc1. The number of hydrogen-bond acceptors (Lipinski definition) is 2. The van der Waals surface area contributed by atoms with Gasteiger partial charge < -0.3 is 0 Å². The third-order valence-electron chi connectivity index (χ3n) is 4.30. The first-order valence-corrected chi connectivity index (χ1v) is 9.62. The van der Waals surface area contributed by atoms with E-state index in [4.69, 9.17) is 0 Å². The van der Waals surface area contributed by atoms with Gasteiger partial charge in [0.1, 0.15) is 11.4 Å². The van der Waals surface area contributed by atoms with Gasteiger partial charge in [-0.2, -0.15) is 0 Å². The second kappa shape index (κ2) is 9.69. The molecule has 0 N–H and O–H groups in total. The zero-order chi connectivity index (χ0) is 20.4. The average Bonchev–Trinajstić information content (AvgIpc) is 2.82. The van der Waals surface area contributed by atoms with Crippen LogP contribution in [0.3, 0.4) is 0 Å². The zero-order valence-electron chi connectivity index (χ0n) is 16.3. The van der Waals surface area contributed by atoms with Crippen molar-refractivity contribution in [1.29, 1.82) is 0 Å². The van der Waals surface area contributed by atoms with E-state index in [2.05, 4.69) is 33.9 Å². The molecule has 0 radical (unpaired) electrons. The van der Waals surface area contributed by atoms with Crippen LogP contribution in [0.2, 0.25) is 0 Å². The summed E-state index contributed by atoms with van der Waals surface area (Å²) in [5.41, 5.74) is 5.05. The van der Waals surface area contributed by atoms with Gasteiger partial charge in [-0.25, -0.2) is 0 Å². The van der Waals surface area contributed by atoms with E-state index in [9.17, 15) is 0 Å². The van der Waals surface area contributed by atoms with Gasteiger partial charge >= 0.3 is 0 Å². The van der Waals surface area contributed by atoms with Gasteiger partial charge in [0.05, 0.1) is 11.1 Å². The van der Waals surface area contributed by atoms with Crippen LogP contribution in [0.25, 0.3) is 0 Å². The Morgan fingerprint density at radius 1 is 0.367 bits per heavy atom. The molecule has 0 saturated carbocycles. The smallest absolute Gasteiger partial charge is 0.101 e. The maximum atomic E-state index is 4.46. The first kappa shape index (κ1) is 18.9. The van der Waals surface area contributed by atoms with Crippen molar-refractivity contribution in [2.75, 3.05) is 0 Å². The molecule has 0 aliphatic carbocycles. The lowest BCUT2D eigenvalue weighted by Gasteiger charge is -1.99. The van der Waals surface area contributed by atoms with Crippen molar-refractivity contribution in [3.05, 3.63) is 131 Å². The van der Waals surface area contributed by atoms with Crippen molar-refractivity contribution < 1.29 is 0 Å². The van der Waals surface area contributed by atoms with Crippen molar-refractivity contribution >= 4 is 11.4 Å². The molecule has 0 aromatic heterocycles. The van der Waals surface area contributed by atoms with Gasteiger partial charge in [-0.15, -0.1) is 10.2 Å². The van der Waals surface area contributed by atoms with Gasteiger partial charge in [0.25, 0.3) is 0 Å². The third kappa shape index (κ3) is 5.10. The molecular formula is C28H18N2. The summed E-state index contributed by atoms with van der Waals surface area (Å²) in [6, 6.07) is 35.3. The summed E-state index contributed by atoms with van der Waals surface area (Å²) in [7, 11) is 0. The van der Waals surface area contributed by atoms with Crippen LogP contribution in [0, 0.1) is 23.7 Å². The highest BCUT2D eigenvalue weighted by Crippen LogP contribution is 2.24. The summed E-state index contributed by atoms with van der Waals surface area (Å²) in [5, 5.41) is 8.92. The predicted octanol–water partition coefficient (Wildman–Crippen LogP) is 6.90. The van der Waals surface area contributed by atoms with Crippen LogP contribution in [0.4, 0.5) is 11.4 Å². The van der Waals surface area contributed by atoms with E-state index in [-0.39, 0.29) is 0 Å². The Balaban J connectivity index is 1.62. The lowest BCUT2D eigenvalue weighted by atomic mass is 10.1. The molecule has 0 bridgehead atoms. The molecular weight excluding hydrogens is 364 g/mol. The van der Waals surface area contributed by atoms with Gasteiger partial charge in [-0.1, -0.05) is 84.3 Å². The van der Waals surface area contributed by atoms with E-state index < -0.39 is 0 Å². The van der Waals surface area contributed by atoms with Gasteiger partial charge in [0.15, 0.2) is 0 Å². The molecule has 140 valence electrons. The molecule has 4 aromatic rings. The first-order valence-electron chi connectivity index (χ1n) is 9.62. The van der Waals surface area contributed by atoms with E-state index in [1.807, 2.05) is 109 Å². The molecule has 0 fully saturated rings. The van der Waals surface area contributed by atoms with E-state index in [0.29, 0.717) is 0 Å². The van der Waals surface area contributed by atoms with Crippen LogP contribution in [-0.2, 0) is 0 Å². The molecule has 0 aliphatic rings. The topological polar surface area (TPSA) is 24.7 Å². The highest BCUT2D eigenvalue weighted by atomic mass is 15.1. The fourth-order valence-electron chi connectivity index (χ4n) is 2.76. The molecule has 0 spiro atoms. The summed E-state index contributed by atoms with van der Waals surface area (Å²) < 4.78 is 0. The van der Waals surface area contributed by atoms with Crippen molar-refractivity contribution in [1.82, 2.24) is 0 Å². The summed E-state index contributed by atoms with van der Waals surface area (Å²) >= 11 is 0. The van der Waals surface area contributed by atoms with Crippen molar-refractivity contribution in [2.45, 2.75) is 0 Å². The minimum atomic E-state index is 0.728. The first-order chi connectivity index (χ1) is 14.9. The zero-order valence-corrected chi connectivity index (χ0v) is 16.3. The maximum Gasteiger partial charge on any atom is 0.101 e. The number of benzene rings is 4. The fraction of sp³-hybridized carbons (Fsp3) is 0. The standard InChI is InChI=1S/C28H18N2/c1-3-11-23(12-4-1)19-21-25-15-7-9-17-27(25)29-30-28-18-10-8-16-26(28)22-20-24-13-5-2-6-14-24/h1-18H. The van der Waals surface area contributed by atoms with Crippen molar-refractivity contribution in [3.8, 4) is 23.7 Å². The van der Waals surface area contributed by atoms with Crippen molar-refractivity contribution in [2.24, 2.45) is 10.2 Å². The monoisotopic (exact) mass is 382 g/mol. The molecule has 0 amide bonds. The minimum absolute atomic E-state index is 0.728. The van der Waals surface area contributed by atoms with Crippen LogP contribution in [-0.4, -0.2) is 0 Å². The summed E-state index contributed by atoms with van der Waals surface area (Å²) in [4.78, 5) is 0. The Hall–Kier alpha value is -4.40. The normalized spacial score (nSPS) is 10.0. The molecule has 4 rings (SSSR count). The van der Waals surface area contributed by atoms with Gasteiger partial charge in [-0.3, -0.25) is 0 Å². The quantitative estimate of drug-likeness (QED) is 0.266. The predicted molar refractivity (Wildman–Crippen MR) is 122 cm³/mol. The summed E-state index contributed by atoms with van der Waals surface area (Å²) in [6.07, 6.45) is 0. The van der Waals surface area contributed by atoms with E-state index >= 15 is 0 Å². The molecule has 0 atom stereocenters. The molecule has 0 heterocycles. The van der Waals surface area contributed by atoms with Gasteiger partial charge in [-0.05, 0) is 48.5 Å². The second-order valence-corrected chi connectivity index (χ2v) is 6.47. The van der Waals surface area contributed by atoms with Gasteiger partial charge in [0, 0.05) is 11.1 Å².